The van der Waals surface area contributed by atoms with Gasteiger partial charge >= 0.3 is 0 Å². The van der Waals surface area contributed by atoms with Crippen molar-refractivity contribution in [3.8, 4) is 5.75 Å². The SMILES string of the molecule is Cl.Fc1ccc(OC2CCN(Cc3ccccc3)CC2)cc1. The van der Waals surface area contributed by atoms with E-state index in [2.05, 4.69) is 29.2 Å². The predicted molar refractivity (Wildman–Crippen MR) is 89.0 cm³/mol. The lowest BCUT2D eigenvalue weighted by molar-refractivity contribution is 0.0967. The highest BCUT2D eigenvalue weighted by molar-refractivity contribution is 5.85. The normalized spacial score (nSPS) is 16.0. The second kappa shape index (κ2) is 8.16. The van der Waals surface area contributed by atoms with Gasteiger partial charge in [-0.3, -0.25) is 4.90 Å². The largest absolute Gasteiger partial charge is 0.490 e. The first kappa shape index (κ1) is 16.8. The Morgan fingerprint density at radius 2 is 1.59 bits per heavy atom. The topological polar surface area (TPSA) is 12.5 Å². The molecule has 0 radical (unpaired) electrons. The van der Waals surface area contributed by atoms with Crippen LogP contribution in [-0.4, -0.2) is 24.1 Å². The van der Waals surface area contributed by atoms with E-state index < -0.39 is 0 Å². The molecule has 0 amide bonds. The van der Waals surface area contributed by atoms with E-state index in [1.54, 1.807) is 12.1 Å². The van der Waals surface area contributed by atoms with Gasteiger partial charge in [-0.15, -0.1) is 12.4 Å². The zero-order chi connectivity index (χ0) is 14.5. The molecule has 0 saturated carbocycles. The molecule has 0 aliphatic carbocycles. The minimum absolute atomic E-state index is 0. The van der Waals surface area contributed by atoms with Crippen molar-refractivity contribution < 1.29 is 9.13 Å². The van der Waals surface area contributed by atoms with Crippen LogP contribution in [0.3, 0.4) is 0 Å². The first-order valence-electron chi connectivity index (χ1n) is 7.48. The molecule has 118 valence electrons. The molecule has 1 fully saturated rings. The van der Waals surface area contributed by atoms with Crippen molar-refractivity contribution in [3.63, 3.8) is 0 Å². The van der Waals surface area contributed by atoms with Gasteiger partial charge in [0, 0.05) is 19.6 Å². The summed E-state index contributed by atoms with van der Waals surface area (Å²) >= 11 is 0. The number of halogens is 2. The van der Waals surface area contributed by atoms with Crippen molar-refractivity contribution in [2.45, 2.75) is 25.5 Å². The van der Waals surface area contributed by atoms with E-state index in [1.807, 2.05) is 6.07 Å². The van der Waals surface area contributed by atoms with E-state index in [0.717, 1.165) is 38.2 Å². The van der Waals surface area contributed by atoms with Gasteiger partial charge in [-0.2, -0.15) is 0 Å². The standard InChI is InChI=1S/C18H20FNO.ClH/c19-16-6-8-17(9-7-16)21-18-10-12-20(13-11-18)14-15-4-2-1-3-5-15;/h1-9,18H,10-14H2;1H. The summed E-state index contributed by atoms with van der Waals surface area (Å²) in [7, 11) is 0. The summed E-state index contributed by atoms with van der Waals surface area (Å²) in [5.74, 6) is 0.540. The highest BCUT2D eigenvalue weighted by Gasteiger charge is 2.20. The van der Waals surface area contributed by atoms with Crippen LogP contribution in [0.5, 0.6) is 5.75 Å². The fourth-order valence-electron chi connectivity index (χ4n) is 2.73. The summed E-state index contributed by atoms with van der Waals surface area (Å²) in [4.78, 5) is 2.46. The molecule has 0 aromatic heterocycles. The second-order valence-corrected chi connectivity index (χ2v) is 5.53. The van der Waals surface area contributed by atoms with Crippen LogP contribution in [0.1, 0.15) is 18.4 Å². The van der Waals surface area contributed by atoms with Gasteiger partial charge in [-0.05, 0) is 42.7 Å². The monoisotopic (exact) mass is 321 g/mol. The minimum atomic E-state index is -0.222. The molecular weight excluding hydrogens is 301 g/mol. The van der Waals surface area contributed by atoms with Crippen LogP contribution in [0, 0.1) is 5.82 Å². The number of nitrogens with zero attached hydrogens (tertiary/aromatic N) is 1. The minimum Gasteiger partial charge on any atom is -0.490 e. The van der Waals surface area contributed by atoms with Gasteiger partial charge < -0.3 is 4.74 Å². The lowest BCUT2D eigenvalue weighted by Gasteiger charge is -2.32. The molecule has 2 nitrogen and oxygen atoms in total. The number of benzene rings is 2. The summed E-state index contributed by atoms with van der Waals surface area (Å²) in [6.07, 6.45) is 2.27. The van der Waals surface area contributed by atoms with Gasteiger partial charge in [0.2, 0.25) is 0 Å². The molecule has 1 aliphatic heterocycles. The molecule has 0 atom stereocenters. The van der Waals surface area contributed by atoms with Crippen molar-refractivity contribution in [2.75, 3.05) is 13.1 Å². The maximum Gasteiger partial charge on any atom is 0.123 e. The fourth-order valence-corrected chi connectivity index (χ4v) is 2.73. The fraction of sp³-hybridized carbons (Fsp3) is 0.333. The summed E-state index contributed by atoms with van der Waals surface area (Å²) in [5.41, 5.74) is 1.36. The molecule has 1 aliphatic rings. The van der Waals surface area contributed by atoms with E-state index in [1.165, 1.54) is 17.7 Å². The number of rotatable bonds is 4. The van der Waals surface area contributed by atoms with Gasteiger partial charge in [-0.1, -0.05) is 30.3 Å². The number of ether oxygens (including phenoxy) is 1. The van der Waals surface area contributed by atoms with Crippen LogP contribution in [-0.2, 0) is 6.54 Å². The lowest BCUT2D eigenvalue weighted by atomic mass is 10.1. The van der Waals surface area contributed by atoms with Crippen molar-refractivity contribution in [3.05, 3.63) is 66.0 Å². The zero-order valence-corrected chi connectivity index (χ0v) is 13.3. The third kappa shape index (κ3) is 4.72. The molecule has 1 heterocycles. The summed E-state index contributed by atoms with van der Waals surface area (Å²) in [5, 5.41) is 0. The molecule has 3 rings (SSSR count). The third-order valence-corrected chi connectivity index (χ3v) is 3.90. The Morgan fingerprint density at radius 1 is 0.955 bits per heavy atom. The van der Waals surface area contributed by atoms with Crippen LogP contribution >= 0.6 is 12.4 Å². The van der Waals surface area contributed by atoms with Crippen LogP contribution in [0.4, 0.5) is 4.39 Å². The van der Waals surface area contributed by atoms with E-state index in [4.69, 9.17) is 4.74 Å². The van der Waals surface area contributed by atoms with Crippen molar-refractivity contribution in [1.29, 1.82) is 0 Å². The van der Waals surface area contributed by atoms with Crippen LogP contribution in [0.25, 0.3) is 0 Å². The highest BCUT2D eigenvalue weighted by Crippen LogP contribution is 2.20. The maximum absolute atomic E-state index is 12.9. The Kier molecular flexibility index (Phi) is 6.22. The summed E-state index contributed by atoms with van der Waals surface area (Å²) in [6.45, 7) is 3.09. The molecule has 0 N–H and O–H groups in total. The molecule has 4 heteroatoms. The van der Waals surface area contributed by atoms with Crippen LogP contribution in [0.2, 0.25) is 0 Å². The van der Waals surface area contributed by atoms with Gasteiger partial charge in [0.05, 0.1) is 0 Å². The van der Waals surface area contributed by atoms with Crippen molar-refractivity contribution in [2.24, 2.45) is 0 Å². The Bertz CT molecular complexity index is 553. The highest BCUT2D eigenvalue weighted by atomic mass is 35.5. The molecule has 0 unspecified atom stereocenters. The lowest BCUT2D eigenvalue weighted by Crippen LogP contribution is -2.37. The average Bonchev–Trinajstić information content (AvgIpc) is 2.53. The van der Waals surface area contributed by atoms with E-state index >= 15 is 0 Å². The molecule has 2 aromatic carbocycles. The van der Waals surface area contributed by atoms with Gasteiger partial charge in [0.15, 0.2) is 0 Å². The van der Waals surface area contributed by atoms with Crippen LogP contribution < -0.4 is 4.74 Å². The predicted octanol–water partition coefficient (Wildman–Crippen LogP) is 4.29. The summed E-state index contributed by atoms with van der Waals surface area (Å²) < 4.78 is 18.8. The Hall–Kier alpha value is -1.58. The van der Waals surface area contributed by atoms with Crippen molar-refractivity contribution in [1.82, 2.24) is 4.90 Å². The Balaban J connectivity index is 0.00000176. The molecule has 2 aromatic rings. The molecule has 22 heavy (non-hydrogen) atoms. The first-order chi connectivity index (χ1) is 10.3. The van der Waals surface area contributed by atoms with Gasteiger partial charge in [0.1, 0.15) is 17.7 Å². The number of piperidine rings is 1. The number of hydrogen-bond donors (Lipinski definition) is 0. The number of likely N-dealkylation sites (tertiary alicyclic amines) is 1. The maximum atomic E-state index is 12.9. The van der Waals surface area contributed by atoms with Gasteiger partial charge in [0.25, 0.3) is 0 Å². The number of hydrogen-bond acceptors (Lipinski definition) is 2. The Morgan fingerprint density at radius 3 is 2.23 bits per heavy atom. The smallest absolute Gasteiger partial charge is 0.123 e. The van der Waals surface area contributed by atoms with Crippen molar-refractivity contribution >= 4 is 12.4 Å². The van der Waals surface area contributed by atoms with E-state index in [-0.39, 0.29) is 24.3 Å². The quantitative estimate of drug-likeness (QED) is 0.833. The average molecular weight is 322 g/mol. The molecule has 0 bridgehead atoms. The summed E-state index contributed by atoms with van der Waals surface area (Å²) in [6, 6.07) is 16.8. The molecular formula is C18H21ClFNO. The van der Waals surface area contributed by atoms with E-state index in [9.17, 15) is 4.39 Å². The van der Waals surface area contributed by atoms with E-state index in [0.29, 0.717) is 0 Å². The van der Waals surface area contributed by atoms with Gasteiger partial charge in [-0.25, -0.2) is 4.39 Å². The first-order valence-corrected chi connectivity index (χ1v) is 7.48. The Labute approximate surface area is 137 Å². The van der Waals surface area contributed by atoms with Crippen LogP contribution in [0.15, 0.2) is 54.6 Å². The second-order valence-electron chi connectivity index (χ2n) is 5.53. The zero-order valence-electron chi connectivity index (χ0n) is 12.5. The molecule has 0 spiro atoms. The third-order valence-electron chi connectivity index (χ3n) is 3.90. The molecule has 1 saturated heterocycles.